The third-order valence-electron chi connectivity index (χ3n) is 2.56. The second kappa shape index (κ2) is 5.85. The average Bonchev–Trinajstić information content (AvgIpc) is 2.52. The second-order valence-corrected chi connectivity index (χ2v) is 5.18. The van der Waals surface area contributed by atoms with Crippen LogP contribution in [-0.2, 0) is 23.8 Å². The van der Waals surface area contributed by atoms with Gasteiger partial charge in [-0.05, 0) is 27.7 Å². The highest BCUT2D eigenvalue weighted by molar-refractivity contribution is 5.74. The van der Waals surface area contributed by atoms with E-state index in [-0.39, 0.29) is 12.5 Å². The Kier molecular flexibility index (Phi) is 4.89. The van der Waals surface area contributed by atoms with Gasteiger partial charge in [0, 0.05) is 0 Å². The molecule has 3 atom stereocenters. The molecule has 1 aliphatic rings. The molecule has 0 aromatic heterocycles. The maximum absolute atomic E-state index is 11.2. The fraction of sp³-hybridized carbons (Fsp3) is 0.833. The molecule has 0 spiro atoms. The summed E-state index contributed by atoms with van der Waals surface area (Å²) in [5.74, 6) is -3.36. The number of carbonyl (C=O) groups is 2. The minimum atomic E-state index is -1.24. The third kappa shape index (κ3) is 4.45. The van der Waals surface area contributed by atoms with E-state index < -0.39 is 36.0 Å². The number of hydrogen-bond acceptors (Lipinski definition) is 5. The lowest BCUT2D eigenvalue weighted by molar-refractivity contribution is -0.171. The summed E-state index contributed by atoms with van der Waals surface area (Å²) in [4.78, 5) is 22.0. The lowest BCUT2D eigenvalue weighted by atomic mass is 10.0. The summed E-state index contributed by atoms with van der Waals surface area (Å²) < 4.78 is 16.2. The van der Waals surface area contributed by atoms with Crippen LogP contribution < -0.4 is 0 Å². The molecule has 1 saturated heterocycles. The largest absolute Gasteiger partial charge is 0.481 e. The van der Waals surface area contributed by atoms with Crippen molar-refractivity contribution in [3.63, 3.8) is 0 Å². The Morgan fingerprint density at radius 2 is 1.84 bits per heavy atom. The van der Waals surface area contributed by atoms with Crippen molar-refractivity contribution in [2.45, 2.75) is 64.3 Å². The molecule has 0 aliphatic carbocycles. The molecule has 0 amide bonds. The number of carboxylic acid groups (broad SMARTS) is 2. The lowest BCUT2D eigenvalue weighted by Gasteiger charge is -2.26. The van der Waals surface area contributed by atoms with E-state index in [1.165, 1.54) is 0 Å². The molecule has 0 saturated carbocycles. The first-order valence-electron chi connectivity index (χ1n) is 6.08. The van der Waals surface area contributed by atoms with Crippen molar-refractivity contribution >= 4 is 11.9 Å². The second-order valence-electron chi connectivity index (χ2n) is 5.18. The van der Waals surface area contributed by atoms with Gasteiger partial charge in [0.25, 0.3) is 0 Å². The number of hydrogen-bond donors (Lipinski definition) is 2. The van der Waals surface area contributed by atoms with E-state index in [2.05, 4.69) is 0 Å². The van der Waals surface area contributed by atoms with E-state index in [0.29, 0.717) is 0 Å². The molecule has 2 N–H and O–H groups in total. The summed E-state index contributed by atoms with van der Waals surface area (Å²) >= 11 is 0. The van der Waals surface area contributed by atoms with E-state index in [0.717, 1.165) is 0 Å². The molecule has 0 aromatic rings. The van der Waals surface area contributed by atoms with Crippen molar-refractivity contribution in [1.29, 1.82) is 0 Å². The van der Waals surface area contributed by atoms with Gasteiger partial charge < -0.3 is 24.4 Å². The van der Waals surface area contributed by atoms with Crippen LogP contribution in [0.25, 0.3) is 0 Å². The van der Waals surface area contributed by atoms with Gasteiger partial charge in [0.15, 0.2) is 11.9 Å². The van der Waals surface area contributed by atoms with Crippen LogP contribution in [-0.4, -0.2) is 52.4 Å². The lowest BCUT2D eigenvalue weighted by Crippen LogP contribution is -2.43. The van der Waals surface area contributed by atoms with Gasteiger partial charge in [-0.25, -0.2) is 4.79 Å². The van der Waals surface area contributed by atoms with Gasteiger partial charge in [-0.15, -0.1) is 0 Å². The molecule has 1 aliphatic heterocycles. The van der Waals surface area contributed by atoms with Gasteiger partial charge >= 0.3 is 11.9 Å². The van der Waals surface area contributed by atoms with E-state index in [4.69, 9.17) is 24.4 Å². The Bertz CT molecular complexity index is 350. The molecule has 0 bridgehead atoms. The molecule has 0 radical (unpaired) electrons. The number of ether oxygens (including phenoxy) is 3. The molecule has 1 heterocycles. The predicted octanol–water partition coefficient (Wildman–Crippen LogP) is 0.859. The third-order valence-corrected chi connectivity index (χ3v) is 2.56. The summed E-state index contributed by atoms with van der Waals surface area (Å²) in [6.45, 7) is 6.64. The van der Waals surface area contributed by atoms with Gasteiger partial charge in [0.05, 0.1) is 18.6 Å². The standard InChI is InChI=1S/C12H20O7/c1-6(2)17-7(5-8(13)14)9-10(11(15)16)19-12(3,4)18-9/h6-7,9-10H,5H2,1-4H3,(H,13,14)(H,15,16)/t7-,9-,10+/m1/s1. The molecule has 19 heavy (non-hydrogen) atoms. The number of aliphatic carboxylic acids is 2. The summed E-state index contributed by atoms with van der Waals surface area (Å²) in [6.07, 6.45) is -3.65. The Morgan fingerprint density at radius 1 is 1.26 bits per heavy atom. The van der Waals surface area contributed by atoms with Gasteiger partial charge in [-0.1, -0.05) is 0 Å². The average molecular weight is 276 g/mol. The first-order chi connectivity index (χ1) is 8.62. The minimum absolute atomic E-state index is 0.244. The molecule has 7 nitrogen and oxygen atoms in total. The first-order valence-corrected chi connectivity index (χ1v) is 6.08. The van der Waals surface area contributed by atoms with E-state index in [9.17, 15) is 9.59 Å². The smallest absolute Gasteiger partial charge is 0.335 e. The predicted molar refractivity (Wildman–Crippen MR) is 63.7 cm³/mol. The van der Waals surface area contributed by atoms with Crippen LogP contribution in [0.5, 0.6) is 0 Å². The zero-order valence-corrected chi connectivity index (χ0v) is 11.5. The minimum Gasteiger partial charge on any atom is -0.481 e. The van der Waals surface area contributed by atoms with Gasteiger partial charge in [-0.2, -0.15) is 0 Å². The van der Waals surface area contributed by atoms with Crippen molar-refractivity contribution in [1.82, 2.24) is 0 Å². The molecular formula is C12H20O7. The highest BCUT2D eigenvalue weighted by atomic mass is 16.8. The fourth-order valence-corrected chi connectivity index (χ4v) is 2.02. The van der Waals surface area contributed by atoms with Crippen LogP contribution in [0.4, 0.5) is 0 Å². The van der Waals surface area contributed by atoms with Crippen LogP contribution in [0.1, 0.15) is 34.1 Å². The van der Waals surface area contributed by atoms with Gasteiger partial charge in [0.1, 0.15) is 6.10 Å². The highest BCUT2D eigenvalue weighted by Crippen LogP contribution is 2.32. The fourth-order valence-electron chi connectivity index (χ4n) is 2.02. The van der Waals surface area contributed by atoms with Crippen molar-refractivity contribution in [3.05, 3.63) is 0 Å². The van der Waals surface area contributed by atoms with Crippen LogP contribution in [0, 0.1) is 0 Å². The van der Waals surface area contributed by atoms with Gasteiger partial charge in [0.2, 0.25) is 0 Å². The maximum Gasteiger partial charge on any atom is 0.335 e. The SMILES string of the molecule is CC(C)O[C@H](CC(=O)O)[C@H]1OC(C)(C)O[C@@H]1C(=O)O. The molecular weight excluding hydrogens is 256 g/mol. The summed E-state index contributed by atoms with van der Waals surface area (Å²) in [7, 11) is 0. The van der Waals surface area contributed by atoms with Crippen LogP contribution in [0.2, 0.25) is 0 Å². The maximum atomic E-state index is 11.2. The van der Waals surface area contributed by atoms with Gasteiger partial charge in [-0.3, -0.25) is 4.79 Å². The van der Waals surface area contributed by atoms with E-state index in [1.807, 2.05) is 0 Å². The zero-order chi connectivity index (χ0) is 14.8. The molecule has 0 aromatic carbocycles. The highest BCUT2D eigenvalue weighted by Gasteiger charge is 2.49. The van der Waals surface area contributed by atoms with Crippen molar-refractivity contribution in [3.8, 4) is 0 Å². The number of carboxylic acids is 2. The molecule has 7 heteroatoms. The zero-order valence-electron chi connectivity index (χ0n) is 11.5. The molecule has 110 valence electrons. The first kappa shape index (κ1) is 15.9. The monoisotopic (exact) mass is 276 g/mol. The van der Waals surface area contributed by atoms with Crippen molar-refractivity contribution in [2.75, 3.05) is 0 Å². The van der Waals surface area contributed by atoms with Crippen molar-refractivity contribution in [2.24, 2.45) is 0 Å². The Labute approximate surface area is 111 Å². The molecule has 1 fully saturated rings. The van der Waals surface area contributed by atoms with Crippen molar-refractivity contribution < 1.29 is 34.0 Å². The number of rotatable bonds is 6. The Balaban J connectivity index is 2.91. The molecule has 0 unspecified atom stereocenters. The van der Waals surface area contributed by atoms with E-state index in [1.54, 1.807) is 27.7 Å². The van der Waals surface area contributed by atoms with E-state index >= 15 is 0 Å². The summed E-state index contributed by atoms with van der Waals surface area (Å²) in [6, 6.07) is 0. The van der Waals surface area contributed by atoms with Crippen LogP contribution in [0.3, 0.4) is 0 Å². The Hall–Kier alpha value is -1.18. The van der Waals surface area contributed by atoms with Crippen LogP contribution in [0.15, 0.2) is 0 Å². The topological polar surface area (TPSA) is 102 Å². The normalized spacial score (nSPS) is 27.4. The van der Waals surface area contributed by atoms with Crippen LogP contribution >= 0.6 is 0 Å². The quantitative estimate of drug-likeness (QED) is 0.741. The summed E-state index contributed by atoms with van der Waals surface area (Å²) in [5.41, 5.74) is 0. The molecule has 1 rings (SSSR count). The summed E-state index contributed by atoms with van der Waals surface area (Å²) in [5, 5.41) is 18.0. The Morgan fingerprint density at radius 3 is 2.26 bits per heavy atom.